The van der Waals surface area contributed by atoms with Gasteiger partial charge in [0, 0.05) is 29.2 Å². The molecule has 0 heterocycles. The summed E-state index contributed by atoms with van der Waals surface area (Å²) in [5.41, 5.74) is 1.99. The predicted octanol–water partition coefficient (Wildman–Crippen LogP) is 2.84. The summed E-state index contributed by atoms with van der Waals surface area (Å²) in [6.45, 7) is 2.78. The lowest BCUT2D eigenvalue weighted by Crippen LogP contribution is -2.23. The summed E-state index contributed by atoms with van der Waals surface area (Å²) in [5.74, 6) is 0.0693. The molecule has 0 atom stereocenters. The Bertz CT molecular complexity index is 416. The lowest BCUT2D eigenvalue weighted by Gasteiger charge is -2.07. The van der Waals surface area contributed by atoms with Crippen molar-refractivity contribution in [3.8, 4) is 0 Å². The molecule has 1 saturated carbocycles. The van der Waals surface area contributed by atoms with Crippen molar-refractivity contribution in [1.29, 1.82) is 0 Å². The molecule has 1 aromatic rings. The van der Waals surface area contributed by atoms with Gasteiger partial charge >= 0.3 is 0 Å². The molecular weight excluding hydrogens is 280 g/mol. The zero-order valence-corrected chi connectivity index (χ0v) is 11.5. The van der Waals surface area contributed by atoms with Crippen LogP contribution in [-0.4, -0.2) is 18.5 Å². The first-order valence-electron chi connectivity index (χ1n) is 5.94. The minimum absolute atomic E-state index is 0.0693. The van der Waals surface area contributed by atoms with Crippen LogP contribution in [0, 0.1) is 6.92 Å². The summed E-state index contributed by atoms with van der Waals surface area (Å²) in [5, 5.41) is 6.23. The van der Waals surface area contributed by atoms with Gasteiger partial charge in [-0.05, 0) is 43.5 Å². The largest absolute Gasteiger partial charge is 0.326 e. The van der Waals surface area contributed by atoms with Crippen molar-refractivity contribution in [3.63, 3.8) is 0 Å². The molecule has 3 nitrogen and oxygen atoms in total. The van der Waals surface area contributed by atoms with E-state index in [9.17, 15) is 4.79 Å². The molecule has 1 aromatic carbocycles. The van der Waals surface area contributed by atoms with Gasteiger partial charge in [-0.25, -0.2) is 0 Å². The van der Waals surface area contributed by atoms with Gasteiger partial charge in [-0.3, -0.25) is 4.79 Å². The highest BCUT2D eigenvalue weighted by Crippen LogP contribution is 2.20. The number of carbonyl (C=O) groups is 1. The van der Waals surface area contributed by atoms with Crippen molar-refractivity contribution >= 4 is 27.5 Å². The fourth-order valence-electron chi connectivity index (χ4n) is 1.62. The Balaban J connectivity index is 1.77. The molecule has 1 amide bonds. The molecule has 2 N–H and O–H groups in total. The van der Waals surface area contributed by atoms with Gasteiger partial charge in [0.25, 0.3) is 0 Å². The first-order chi connectivity index (χ1) is 8.15. The van der Waals surface area contributed by atoms with E-state index in [0.29, 0.717) is 12.5 Å². The Morgan fingerprint density at radius 1 is 1.47 bits per heavy atom. The average Bonchev–Trinajstić information content (AvgIpc) is 3.07. The van der Waals surface area contributed by atoms with Crippen LogP contribution in [0.1, 0.15) is 24.8 Å². The highest BCUT2D eigenvalue weighted by Gasteiger charge is 2.20. The molecule has 0 aromatic heterocycles. The topological polar surface area (TPSA) is 41.1 Å². The number of carbonyl (C=O) groups excluding carboxylic acids is 1. The van der Waals surface area contributed by atoms with E-state index >= 15 is 0 Å². The van der Waals surface area contributed by atoms with E-state index in [0.717, 1.165) is 22.3 Å². The average molecular weight is 297 g/mol. The maximum Gasteiger partial charge on any atom is 0.225 e. The summed E-state index contributed by atoms with van der Waals surface area (Å²) in [7, 11) is 0. The lowest BCUT2D eigenvalue weighted by atomic mass is 10.2. The molecule has 1 fully saturated rings. The standard InChI is InChI=1S/C13H17BrN2O/c1-9-8-11(4-5-12(9)14)16-13(17)6-7-15-10-2-3-10/h4-5,8,10,15H,2-3,6-7H2,1H3,(H,16,17). The van der Waals surface area contributed by atoms with Crippen LogP contribution in [-0.2, 0) is 4.79 Å². The Hall–Kier alpha value is -0.870. The maximum atomic E-state index is 11.6. The van der Waals surface area contributed by atoms with Gasteiger partial charge in [0.1, 0.15) is 0 Å². The van der Waals surface area contributed by atoms with Crippen molar-refractivity contribution < 1.29 is 4.79 Å². The molecule has 0 radical (unpaired) electrons. The minimum Gasteiger partial charge on any atom is -0.326 e. The van der Waals surface area contributed by atoms with Crippen LogP contribution in [0.25, 0.3) is 0 Å². The summed E-state index contributed by atoms with van der Waals surface area (Å²) in [4.78, 5) is 11.6. The quantitative estimate of drug-likeness (QED) is 0.877. The number of hydrogen-bond donors (Lipinski definition) is 2. The molecule has 0 unspecified atom stereocenters. The predicted molar refractivity (Wildman–Crippen MR) is 73.2 cm³/mol. The van der Waals surface area contributed by atoms with Crippen molar-refractivity contribution in [2.45, 2.75) is 32.2 Å². The molecule has 2 rings (SSSR count). The van der Waals surface area contributed by atoms with Gasteiger partial charge in [0.15, 0.2) is 0 Å². The molecule has 1 aliphatic carbocycles. The second-order valence-electron chi connectivity index (χ2n) is 4.49. The van der Waals surface area contributed by atoms with E-state index in [1.54, 1.807) is 0 Å². The third kappa shape index (κ3) is 4.13. The number of aryl methyl sites for hydroxylation is 1. The first kappa shape index (κ1) is 12.6. The molecule has 0 spiro atoms. The van der Waals surface area contributed by atoms with Crippen LogP contribution >= 0.6 is 15.9 Å². The number of nitrogens with one attached hydrogen (secondary N) is 2. The van der Waals surface area contributed by atoms with Crippen LogP contribution in [0.4, 0.5) is 5.69 Å². The van der Waals surface area contributed by atoms with E-state index in [4.69, 9.17) is 0 Å². The van der Waals surface area contributed by atoms with E-state index in [1.807, 2.05) is 25.1 Å². The van der Waals surface area contributed by atoms with Crippen LogP contribution < -0.4 is 10.6 Å². The third-order valence-electron chi connectivity index (χ3n) is 2.80. The van der Waals surface area contributed by atoms with Crippen molar-refractivity contribution in [2.24, 2.45) is 0 Å². The highest BCUT2D eigenvalue weighted by molar-refractivity contribution is 9.10. The molecule has 0 saturated heterocycles. The third-order valence-corrected chi connectivity index (χ3v) is 3.69. The van der Waals surface area contributed by atoms with Gasteiger partial charge in [0.05, 0.1) is 0 Å². The number of anilines is 1. The SMILES string of the molecule is Cc1cc(NC(=O)CCNC2CC2)ccc1Br. The Morgan fingerprint density at radius 2 is 2.24 bits per heavy atom. The van der Waals surface area contributed by atoms with Gasteiger partial charge < -0.3 is 10.6 Å². The van der Waals surface area contributed by atoms with E-state index in [2.05, 4.69) is 26.6 Å². The number of rotatable bonds is 5. The van der Waals surface area contributed by atoms with E-state index in [1.165, 1.54) is 12.8 Å². The zero-order chi connectivity index (χ0) is 12.3. The number of halogens is 1. The van der Waals surface area contributed by atoms with Crippen molar-refractivity contribution in [1.82, 2.24) is 5.32 Å². The van der Waals surface area contributed by atoms with Gasteiger partial charge in [-0.2, -0.15) is 0 Å². The molecule has 0 bridgehead atoms. The van der Waals surface area contributed by atoms with Crippen LogP contribution in [0.2, 0.25) is 0 Å². The van der Waals surface area contributed by atoms with Gasteiger partial charge in [0.2, 0.25) is 5.91 Å². The Labute approximate surface area is 110 Å². The maximum absolute atomic E-state index is 11.6. The van der Waals surface area contributed by atoms with Crippen molar-refractivity contribution in [2.75, 3.05) is 11.9 Å². The Kier molecular flexibility index (Phi) is 4.18. The summed E-state index contributed by atoms with van der Waals surface area (Å²) >= 11 is 3.44. The van der Waals surface area contributed by atoms with Crippen LogP contribution in [0.5, 0.6) is 0 Å². The fourth-order valence-corrected chi connectivity index (χ4v) is 1.87. The number of amides is 1. The first-order valence-corrected chi connectivity index (χ1v) is 6.74. The molecule has 1 aliphatic rings. The highest BCUT2D eigenvalue weighted by atomic mass is 79.9. The second kappa shape index (κ2) is 5.65. The fraction of sp³-hybridized carbons (Fsp3) is 0.462. The summed E-state index contributed by atoms with van der Waals surface area (Å²) in [6, 6.07) is 6.49. The van der Waals surface area contributed by atoms with Crippen molar-refractivity contribution in [3.05, 3.63) is 28.2 Å². The molecule has 17 heavy (non-hydrogen) atoms. The lowest BCUT2D eigenvalue weighted by molar-refractivity contribution is -0.116. The number of hydrogen-bond acceptors (Lipinski definition) is 2. The monoisotopic (exact) mass is 296 g/mol. The molecule has 92 valence electrons. The molecule has 0 aliphatic heterocycles. The summed E-state index contributed by atoms with van der Waals surface area (Å²) < 4.78 is 1.06. The van der Waals surface area contributed by atoms with E-state index in [-0.39, 0.29) is 5.91 Å². The number of benzene rings is 1. The molecule has 4 heteroatoms. The second-order valence-corrected chi connectivity index (χ2v) is 5.34. The summed E-state index contributed by atoms with van der Waals surface area (Å²) in [6.07, 6.45) is 3.05. The Morgan fingerprint density at radius 3 is 2.88 bits per heavy atom. The van der Waals surface area contributed by atoms with Gasteiger partial charge in [-0.15, -0.1) is 0 Å². The minimum atomic E-state index is 0.0693. The normalized spacial score (nSPS) is 14.7. The van der Waals surface area contributed by atoms with Crippen LogP contribution in [0.15, 0.2) is 22.7 Å². The van der Waals surface area contributed by atoms with Gasteiger partial charge in [-0.1, -0.05) is 15.9 Å². The van der Waals surface area contributed by atoms with Crippen LogP contribution in [0.3, 0.4) is 0 Å². The smallest absolute Gasteiger partial charge is 0.225 e. The van der Waals surface area contributed by atoms with E-state index < -0.39 is 0 Å². The zero-order valence-electron chi connectivity index (χ0n) is 9.92. The molecular formula is C13H17BrN2O.